The number of nitrogens with one attached hydrogen (secondary N) is 1. The molecule has 0 radical (unpaired) electrons. The quantitative estimate of drug-likeness (QED) is 0.836. The Balaban J connectivity index is 2.35. The fraction of sp³-hybridized carbons (Fsp3) is 0.600. The zero-order valence-electron chi connectivity index (χ0n) is 13.3. The SMILES string of the molecule is CCNC(Cc1c(Br)c(C)nn1CC)c1sc(C)nc1C. The fourth-order valence-electron chi connectivity index (χ4n) is 2.63. The lowest BCUT2D eigenvalue weighted by Gasteiger charge is -2.18. The molecule has 0 amide bonds. The predicted molar refractivity (Wildman–Crippen MR) is 92.0 cm³/mol. The van der Waals surface area contributed by atoms with E-state index >= 15 is 0 Å². The minimum Gasteiger partial charge on any atom is -0.309 e. The highest BCUT2D eigenvalue weighted by Crippen LogP contribution is 2.30. The molecular formula is C15H23BrN4S. The number of rotatable bonds is 6. The summed E-state index contributed by atoms with van der Waals surface area (Å²) in [7, 11) is 0. The lowest BCUT2D eigenvalue weighted by Crippen LogP contribution is -2.24. The van der Waals surface area contributed by atoms with E-state index in [0.29, 0.717) is 6.04 Å². The van der Waals surface area contributed by atoms with Crippen molar-refractivity contribution in [1.29, 1.82) is 0 Å². The molecule has 116 valence electrons. The molecular weight excluding hydrogens is 348 g/mol. The summed E-state index contributed by atoms with van der Waals surface area (Å²) in [6.07, 6.45) is 0.922. The molecule has 1 unspecified atom stereocenters. The van der Waals surface area contributed by atoms with E-state index in [1.807, 2.05) is 6.92 Å². The summed E-state index contributed by atoms with van der Waals surface area (Å²) in [6, 6.07) is 0.291. The molecule has 0 aliphatic heterocycles. The average Bonchev–Trinajstić information content (AvgIpc) is 2.91. The molecule has 2 aromatic heterocycles. The van der Waals surface area contributed by atoms with Gasteiger partial charge < -0.3 is 5.32 Å². The van der Waals surface area contributed by atoms with Crippen molar-refractivity contribution in [2.45, 2.75) is 53.6 Å². The van der Waals surface area contributed by atoms with Crippen molar-refractivity contribution in [3.05, 3.63) is 31.4 Å². The van der Waals surface area contributed by atoms with E-state index in [1.165, 1.54) is 10.6 Å². The van der Waals surface area contributed by atoms with Crippen LogP contribution in [-0.2, 0) is 13.0 Å². The summed E-state index contributed by atoms with van der Waals surface area (Å²) in [5.41, 5.74) is 3.45. The van der Waals surface area contributed by atoms with Crippen LogP contribution in [0.5, 0.6) is 0 Å². The van der Waals surface area contributed by atoms with E-state index < -0.39 is 0 Å². The standard InChI is InChI=1S/C15H23BrN4S/c1-6-17-12(15-10(4)18-11(5)21-15)8-13-14(16)9(3)19-20(13)7-2/h12,17H,6-8H2,1-5H3. The van der Waals surface area contributed by atoms with Crippen molar-refractivity contribution in [2.24, 2.45) is 0 Å². The Labute approximate surface area is 139 Å². The van der Waals surface area contributed by atoms with Gasteiger partial charge in [-0.3, -0.25) is 4.68 Å². The molecule has 4 nitrogen and oxygen atoms in total. The van der Waals surface area contributed by atoms with Gasteiger partial charge in [-0.25, -0.2) is 4.98 Å². The van der Waals surface area contributed by atoms with Gasteiger partial charge in [-0.15, -0.1) is 11.3 Å². The zero-order valence-corrected chi connectivity index (χ0v) is 15.7. The van der Waals surface area contributed by atoms with Gasteiger partial charge >= 0.3 is 0 Å². The van der Waals surface area contributed by atoms with Crippen molar-refractivity contribution in [3.63, 3.8) is 0 Å². The Bertz CT molecular complexity index is 617. The van der Waals surface area contributed by atoms with Crippen LogP contribution in [0.2, 0.25) is 0 Å². The van der Waals surface area contributed by atoms with E-state index in [9.17, 15) is 0 Å². The van der Waals surface area contributed by atoms with Gasteiger partial charge in [0.05, 0.1) is 26.6 Å². The number of likely N-dealkylation sites (N-methyl/N-ethyl adjacent to an activating group) is 1. The summed E-state index contributed by atoms with van der Waals surface area (Å²) in [5, 5.41) is 9.32. The second-order valence-corrected chi connectivity index (χ2v) is 7.19. The van der Waals surface area contributed by atoms with E-state index in [4.69, 9.17) is 0 Å². The van der Waals surface area contributed by atoms with Crippen LogP contribution >= 0.6 is 27.3 Å². The van der Waals surface area contributed by atoms with Crippen LogP contribution in [0, 0.1) is 20.8 Å². The molecule has 0 saturated heterocycles. The minimum atomic E-state index is 0.291. The van der Waals surface area contributed by atoms with Gasteiger partial charge in [0, 0.05) is 23.9 Å². The van der Waals surface area contributed by atoms with Crippen LogP contribution in [0.1, 0.15) is 46.9 Å². The number of aromatic nitrogens is 3. The Hall–Kier alpha value is -0.720. The van der Waals surface area contributed by atoms with Crippen LogP contribution in [0.25, 0.3) is 0 Å². The van der Waals surface area contributed by atoms with Crippen molar-refractivity contribution >= 4 is 27.3 Å². The number of nitrogens with zero attached hydrogens (tertiary/aromatic N) is 3. The van der Waals surface area contributed by atoms with Crippen LogP contribution in [0.15, 0.2) is 4.47 Å². The van der Waals surface area contributed by atoms with E-state index in [-0.39, 0.29) is 0 Å². The topological polar surface area (TPSA) is 42.7 Å². The summed E-state index contributed by atoms with van der Waals surface area (Å²) in [6.45, 7) is 12.3. The van der Waals surface area contributed by atoms with Crippen molar-refractivity contribution in [1.82, 2.24) is 20.1 Å². The highest BCUT2D eigenvalue weighted by Gasteiger charge is 2.21. The second-order valence-electron chi connectivity index (χ2n) is 5.16. The second kappa shape index (κ2) is 7.03. The van der Waals surface area contributed by atoms with Crippen LogP contribution in [0.3, 0.4) is 0 Å². The summed E-state index contributed by atoms with van der Waals surface area (Å²) >= 11 is 5.48. The monoisotopic (exact) mass is 370 g/mol. The summed E-state index contributed by atoms with van der Waals surface area (Å²) in [5.74, 6) is 0. The molecule has 0 fully saturated rings. The molecule has 21 heavy (non-hydrogen) atoms. The Morgan fingerprint density at radius 1 is 1.24 bits per heavy atom. The molecule has 0 aliphatic carbocycles. The predicted octanol–water partition coefficient (Wildman–Crippen LogP) is 3.94. The van der Waals surface area contributed by atoms with Crippen molar-refractivity contribution < 1.29 is 0 Å². The van der Waals surface area contributed by atoms with Gasteiger partial charge in [0.25, 0.3) is 0 Å². The summed E-state index contributed by atoms with van der Waals surface area (Å²) < 4.78 is 3.22. The molecule has 2 aromatic rings. The van der Waals surface area contributed by atoms with E-state index in [2.05, 4.69) is 63.7 Å². The number of hydrogen-bond donors (Lipinski definition) is 1. The largest absolute Gasteiger partial charge is 0.309 e. The van der Waals surface area contributed by atoms with Crippen molar-refractivity contribution in [3.8, 4) is 0 Å². The maximum absolute atomic E-state index is 4.59. The molecule has 0 saturated carbocycles. The molecule has 0 aliphatic rings. The normalized spacial score (nSPS) is 12.9. The fourth-order valence-corrected chi connectivity index (χ4v) is 4.08. The smallest absolute Gasteiger partial charge is 0.0900 e. The highest BCUT2D eigenvalue weighted by molar-refractivity contribution is 9.10. The Kier molecular flexibility index (Phi) is 5.57. The van der Waals surface area contributed by atoms with Gasteiger partial charge in [-0.2, -0.15) is 5.10 Å². The maximum atomic E-state index is 4.59. The molecule has 0 bridgehead atoms. The minimum absolute atomic E-state index is 0.291. The van der Waals surface area contributed by atoms with Gasteiger partial charge in [-0.1, -0.05) is 6.92 Å². The van der Waals surface area contributed by atoms with Crippen LogP contribution in [-0.4, -0.2) is 21.3 Å². The third-order valence-electron chi connectivity index (χ3n) is 3.56. The summed E-state index contributed by atoms with van der Waals surface area (Å²) in [4.78, 5) is 5.91. The molecule has 6 heteroatoms. The van der Waals surface area contributed by atoms with Crippen molar-refractivity contribution in [2.75, 3.05) is 6.54 Å². The highest BCUT2D eigenvalue weighted by atomic mass is 79.9. The lowest BCUT2D eigenvalue weighted by molar-refractivity contribution is 0.519. The molecule has 0 aromatic carbocycles. The number of hydrogen-bond acceptors (Lipinski definition) is 4. The molecule has 2 rings (SSSR count). The molecule has 1 atom stereocenters. The van der Waals surface area contributed by atoms with E-state index in [1.54, 1.807) is 11.3 Å². The maximum Gasteiger partial charge on any atom is 0.0900 e. The third kappa shape index (κ3) is 3.55. The molecule has 2 heterocycles. The van der Waals surface area contributed by atoms with Gasteiger partial charge in [0.2, 0.25) is 0 Å². The van der Waals surface area contributed by atoms with Crippen LogP contribution < -0.4 is 5.32 Å². The zero-order chi connectivity index (χ0) is 15.6. The van der Waals surface area contributed by atoms with Gasteiger partial charge in [0.1, 0.15) is 0 Å². The van der Waals surface area contributed by atoms with Gasteiger partial charge in [0.15, 0.2) is 0 Å². The van der Waals surface area contributed by atoms with Gasteiger partial charge in [-0.05, 0) is 50.2 Å². The molecule has 0 spiro atoms. The number of halogens is 1. The number of thiazole rings is 1. The Morgan fingerprint density at radius 2 is 1.95 bits per heavy atom. The molecule has 1 N–H and O–H groups in total. The average molecular weight is 371 g/mol. The third-order valence-corrected chi connectivity index (χ3v) is 5.77. The lowest BCUT2D eigenvalue weighted by atomic mass is 10.1. The Morgan fingerprint density at radius 3 is 2.48 bits per heavy atom. The van der Waals surface area contributed by atoms with Crippen LogP contribution in [0.4, 0.5) is 0 Å². The number of aryl methyl sites for hydroxylation is 4. The first-order valence-corrected chi connectivity index (χ1v) is 8.97. The first-order chi connectivity index (χ1) is 9.97. The first kappa shape index (κ1) is 16.6. The van der Waals surface area contributed by atoms with E-state index in [0.717, 1.165) is 40.4 Å². The first-order valence-electron chi connectivity index (χ1n) is 7.36.